The molecule has 1 atom stereocenters. The van der Waals surface area contributed by atoms with E-state index in [4.69, 9.17) is 4.74 Å². The minimum absolute atomic E-state index is 0.522. The standard InChI is InChI=1S/C15H15NO/c1-11-9-16-15(17-10-11)14-8-4-6-12-5-2-3-7-13(12)14/h2-8,11H,9-10H2,1H3/t11-/m0/s1. The van der Waals surface area contributed by atoms with Crippen molar-refractivity contribution in [3.8, 4) is 0 Å². The number of aliphatic imine (C=N–C) groups is 1. The smallest absolute Gasteiger partial charge is 0.216 e. The van der Waals surface area contributed by atoms with Crippen LogP contribution >= 0.6 is 0 Å². The third-order valence-corrected chi connectivity index (χ3v) is 3.07. The zero-order valence-corrected chi connectivity index (χ0v) is 9.89. The summed E-state index contributed by atoms with van der Waals surface area (Å²) in [5.41, 5.74) is 1.11. The molecule has 0 radical (unpaired) electrons. The van der Waals surface area contributed by atoms with Gasteiger partial charge in [-0.3, -0.25) is 4.99 Å². The minimum atomic E-state index is 0.522. The average molecular weight is 225 g/mol. The fraction of sp³-hybridized carbons (Fsp3) is 0.267. The molecule has 0 aromatic heterocycles. The van der Waals surface area contributed by atoms with Crippen LogP contribution in [0, 0.1) is 5.92 Å². The van der Waals surface area contributed by atoms with Crippen LogP contribution in [0.25, 0.3) is 10.8 Å². The molecule has 0 saturated carbocycles. The molecule has 0 unspecified atom stereocenters. The van der Waals surface area contributed by atoms with Gasteiger partial charge in [-0.1, -0.05) is 43.3 Å². The first-order chi connectivity index (χ1) is 8.34. The second-order valence-corrected chi connectivity index (χ2v) is 4.59. The van der Waals surface area contributed by atoms with E-state index in [1.54, 1.807) is 0 Å². The first-order valence-electron chi connectivity index (χ1n) is 6.00. The van der Waals surface area contributed by atoms with Crippen molar-refractivity contribution in [1.29, 1.82) is 0 Å². The van der Waals surface area contributed by atoms with Gasteiger partial charge < -0.3 is 4.74 Å². The molecule has 0 fully saturated rings. The van der Waals surface area contributed by atoms with Crippen LogP contribution in [0.3, 0.4) is 0 Å². The summed E-state index contributed by atoms with van der Waals surface area (Å²) in [6.07, 6.45) is 0. The molecule has 0 bridgehead atoms. The summed E-state index contributed by atoms with van der Waals surface area (Å²) in [7, 11) is 0. The summed E-state index contributed by atoms with van der Waals surface area (Å²) >= 11 is 0. The van der Waals surface area contributed by atoms with Gasteiger partial charge >= 0.3 is 0 Å². The maximum absolute atomic E-state index is 5.73. The van der Waals surface area contributed by atoms with Gasteiger partial charge in [0.2, 0.25) is 5.90 Å². The van der Waals surface area contributed by atoms with Gasteiger partial charge in [0.1, 0.15) is 0 Å². The molecule has 86 valence electrons. The summed E-state index contributed by atoms with van der Waals surface area (Å²) in [6, 6.07) is 14.6. The van der Waals surface area contributed by atoms with Gasteiger partial charge in [-0.25, -0.2) is 0 Å². The molecule has 2 nitrogen and oxygen atoms in total. The molecule has 17 heavy (non-hydrogen) atoms. The molecule has 2 aromatic rings. The highest BCUT2D eigenvalue weighted by atomic mass is 16.5. The number of fused-ring (bicyclic) bond motifs is 1. The third kappa shape index (κ3) is 1.91. The molecule has 2 aromatic carbocycles. The molecule has 0 N–H and O–H groups in total. The molecule has 2 heteroatoms. The van der Waals surface area contributed by atoms with E-state index in [0.29, 0.717) is 5.92 Å². The fourth-order valence-electron chi connectivity index (χ4n) is 2.13. The molecule has 1 aliphatic heterocycles. The lowest BCUT2D eigenvalue weighted by atomic mass is 10.0. The number of nitrogens with zero attached hydrogens (tertiary/aromatic N) is 1. The van der Waals surface area contributed by atoms with Crippen molar-refractivity contribution < 1.29 is 4.74 Å². The highest BCUT2D eigenvalue weighted by Gasteiger charge is 2.15. The highest BCUT2D eigenvalue weighted by Crippen LogP contribution is 2.21. The Labute approximate surface area is 101 Å². The zero-order chi connectivity index (χ0) is 11.7. The van der Waals surface area contributed by atoms with Crippen molar-refractivity contribution in [2.75, 3.05) is 13.2 Å². The molecule has 3 rings (SSSR count). The van der Waals surface area contributed by atoms with Crippen molar-refractivity contribution in [3.05, 3.63) is 48.0 Å². The summed E-state index contributed by atoms with van der Waals surface area (Å²) in [6.45, 7) is 3.78. The lowest BCUT2D eigenvalue weighted by Crippen LogP contribution is -2.21. The van der Waals surface area contributed by atoms with E-state index in [1.807, 2.05) is 0 Å². The van der Waals surface area contributed by atoms with Crippen LogP contribution in [0.15, 0.2) is 47.5 Å². The SMILES string of the molecule is C[C@H]1CN=C(c2cccc3ccccc23)OC1. The monoisotopic (exact) mass is 225 g/mol. The van der Waals surface area contributed by atoms with Gasteiger partial charge in [0.25, 0.3) is 0 Å². The summed E-state index contributed by atoms with van der Waals surface area (Å²) in [5, 5.41) is 2.44. The van der Waals surface area contributed by atoms with E-state index < -0.39 is 0 Å². The summed E-state index contributed by atoms with van der Waals surface area (Å²) in [5.74, 6) is 1.31. The minimum Gasteiger partial charge on any atom is -0.477 e. The number of benzene rings is 2. The van der Waals surface area contributed by atoms with E-state index in [-0.39, 0.29) is 0 Å². The first kappa shape index (κ1) is 10.3. The maximum Gasteiger partial charge on any atom is 0.216 e. The normalized spacial score (nSPS) is 19.8. The van der Waals surface area contributed by atoms with Gasteiger partial charge in [0.05, 0.1) is 6.61 Å². The van der Waals surface area contributed by atoms with Crippen molar-refractivity contribution in [2.24, 2.45) is 10.9 Å². The Morgan fingerprint density at radius 2 is 1.94 bits per heavy atom. The number of ether oxygens (including phenoxy) is 1. The Hall–Kier alpha value is -1.83. The Morgan fingerprint density at radius 3 is 2.76 bits per heavy atom. The molecular formula is C15H15NO. The quantitative estimate of drug-likeness (QED) is 0.730. The fourth-order valence-corrected chi connectivity index (χ4v) is 2.13. The lowest BCUT2D eigenvalue weighted by molar-refractivity contribution is 0.232. The Bertz CT molecular complexity index is 569. The third-order valence-electron chi connectivity index (χ3n) is 3.07. The zero-order valence-electron chi connectivity index (χ0n) is 9.89. The van der Waals surface area contributed by atoms with Crippen LogP contribution in [-0.4, -0.2) is 19.0 Å². The van der Waals surface area contributed by atoms with Crippen LogP contribution in [0.2, 0.25) is 0 Å². The predicted octanol–water partition coefficient (Wildman–Crippen LogP) is 3.25. The Morgan fingerprint density at radius 1 is 1.12 bits per heavy atom. The van der Waals surface area contributed by atoms with Crippen molar-refractivity contribution in [1.82, 2.24) is 0 Å². The van der Waals surface area contributed by atoms with Gasteiger partial charge in [0, 0.05) is 18.0 Å². The largest absolute Gasteiger partial charge is 0.477 e. The second-order valence-electron chi connectivity index (χ2n) is 4.59. The lowest BCUT2D eigenvalue weighted by Gasteiger charge is -2.19. The molecule has 0 spiro atoms. The maximum atomic E-state index is 5.73. The Balaban J connectivity index is 2.11. The highest BCUT2D eigenvalue weighted by molar-refractivity contribution is 6.07. The van der Waals surface area contributed by atoms with Crippen molar-refractivity contribution in [3.63, 3.8) is 0 Å². The summed E-state index contributed by atoms with van der Waals surface area (Å²) < 4.78 is 5.73. The van der Waals surface area contributed by atoms with Crippen molar-refractivity contribution >= 4 is 16.7 Å². The molecule has 0 amide bonds. The predicted molar refractivity (Wildman–Crippen MR) is 70.5 cm³/mol. The number of rotatable bonds is 1. The average Bonchev–Trinajstić information content (AvgIpc) is 2.39. The van der Waals surface area contributed by atoms with E-state index >= 15 is 0 Å². The van der Waals surface area contributed by atoms with Crippen LogP contribution in [0.1, 0.15) is 12.5 Å². The van der Waals surface area contributed by atoms with E-state index in [2.05, 4.69) is 54.4 Å². The van der Waals surface area contributed by atoms with Gasteiger partial charge in [-0.05, 0) is 16.8 Å². The summed E-state index contributed by atoms with van der Waals surface area (Å²) in [4.78, 5) is 4.53. The Kier molecular flexibility index (Phi) is 2.56. The van der Waals surface area contributed by atoms with Crippen LogP contribution in [0.5, 0.6) is 0 Å². The van der Waals surface area contributed by atoms with Crippen LogP contribution in [0.4, 0.5) is 0 Å². The number of hydrogen-bond donors (Lipinski definition) is 0. The van der Waals surface area contributed by atoms with E-state index in [1.165, 1.54) is 10.8 Å². The van der Waals surface area contributed by atoms with Gasteiger partial charge in [-0.15, -0.1) is 0 Å². The number of hydrogen-bond acceptors (Lipinski definition) is 2. The van der Waals surface area contributed by atoms with Crippen LogP contribution in [-0.2, 0) is 4.74 Å². The molecular weight excluding hydrogens is 210 g/mol. The van der Waals surface area contributed by atoms with E-state index in [0.717, 1.165) is 24.6 Å². The molecule has 0 aliphatic carbocycles. The molecule has 1 heterocycles. The first-order valence-corrected chi connectivity index (χ1v) is 6.00. The topological polar surface area (TPSA) is 21.6 Å². The molecule has 0 saturated heterocycles. The molecule has 1 aliphatic rings. The van der Waals surface area contributed by atoms with E-state index in [9.17, 15) is 0 Å². The van der Waals surface area contributed by atoms with Gasteiger partial charge in [0.15, 0.2) is 0 Å². The van der Waals surface area contributed by atoms with Gasteiger partial charge in [-0.2, -0.15) is 0 Å². The van der Waals surface area contributed by atoms with Crippen LogP contribution < -0.4 is 0 Å². The second kappa shape index (κ2) is 4.21. The van der Waals surface area contributed by atoms with Crippen molar-refractivity contribution in [2.45, 2.75) is 6.92 Å².